The van der Waals surface area contributed by atoms with Gasteiger partial charge in [0.15, 0.2) is 0 Å². The first kappa shape index (κ1) is 14.8. The lowest BCUT2D eigenvalue weighted by Gasteiger charge is -2.43. The van der Waals surface area contributed by atoms with Crippen molar-refractivity contribution in [1.82, 2.24) is 14.7 Å². The minimum Gasteiger partial charge on any atom is -0.375 e. The summed E-state index contributed by atoms with van der Waals surface area (Å²) in [5.74, 6) is 0. The molecule has 2 atom stereocenters. The van der Waals surface area contributed by atoms with Gasteiger partial charge in [-0.2, -0.15) is 5.10 Å². The number of rotatable bonds is 2. The third kappa shape index (κ3) is 2.68. The van der Waals surface area contributed by atoms with Gasteiger partial charge in [-0.15, -0.1) is 0 Å². The van der Waals surface area contributed by atoms with E-state index in [1.807, 2.05) is 31.2 Å². The summed E-state index contributed by atoms with van der Waals surface area (Å²) >= 11 is 0. The number of morpholine rings is 1. The molecule has 2 aliphatic rings. The predicted molar refractivity (Wildman–Crippen MR) is 89.4 cm³/mol. The van der Waals surface area contributed by atoms with Crippen molar-refractivity contribution in [2.75, 3.05) is 13.2 Å². The third-order valence-electron chi connectivity index (χ3n) is 5.22. The normalized spacial score (nSPS) is 25.4. The van der Waals surface area contributed by atoms with Gasteiger partial charge in [0, 0.05) is 18.0 Å². The summed E-state index contributed by atoms with van der Waals surface area (Å²) in [5.41, 5.74) is 0.915. The highest BCUT2D eigenvalue weighted by atomic mass is 16.5. The largest absolute Gasteiger partial charge is 0.375 e. The Morgan fingerprint density at radius 2 is 2.00 bits per heavy atom. The number of hydrogen-bond donors (Lipinski definition) is 0. The van der Waals surface area contributed by atoms with Crippen molar-refractivity contribution in [1.29, 1.82) is 0 Å². The molecule has 1 aromatic carbocycles. The van der Waals surface area contributed by atoms with Gasteiger partial charge in [0.2, 0.25) is 0 Å². The van der Waals surface area contributed by atoms with E-state index in [2.05, 4.69) is 10.00 Å². The number of aryl methyl sites for hydroxylation is 1. The smallest absolute Gasteiger partial charge is 0.275 e. The van der Waals surface area contributed by atoms with Crippen LogP contribution in [0.15, 0.2) is 29.1 Å². The van der Waals surface area contributed by atoms with E-state index in [1.165, 1.54) is 12.8 Å². The Labute approximate surface area is 135 Å². The van der Waals surface area contributed by atoms with Crippen LogP contribution in [0.2, 0.25) is 0 Å². The van der Waals surface area contributed by atoms with E-state index in [-0.39, 0.29) is 5.56 Å². The van der Waals surface area contributed by atoms with Crippen LogP contribution in [0.4, 0.5) is 0 Å². The van der Waals surface area contributed by atoms with Crippen molar-refractivity contribution in [2.24, 2.45) is 0 Å². The number of ether oxygens (including phenoxy) is 1. The van der Waals surface area contributed by atoms with E-state index in [4.69, 9.17) is 4.74 Å². The summed E-state index contributed by atoms with van der Waals surface area (Å²) in [6.07, 6.45) is 5.13. The van der Waals surface area contributed by atoms with Gasteiger partial charge in [-0.1, -0.05) is 31.0 Å². The zero-order valence-corrected chi connectivity index (χ0v) is 13.6. The Morgan fingerprint density at radius 3 is 2.87 bits per heavy atom. The highest BCUT2D eigenvalue weighted by Gasteiger charge is 2.34. The summed E-state index contributed by atoms with van der Waals surface area (Å²) in [4.78, 5) is 15.1. The number of benzene rings is 1. The van der Waals surface area contributed by atoms with Crippen LogP contribution in [-0.2, 0) is 11.4 Å². The fourth-order valence-electron chi connectivity index (χ4n) is 4.02. The molecule has 2 fully saturated rings. The number of fused-ring (bicyclic) bond motifs is 2. The van der Waals surface area contributed by atoms with Crippen LogP contribution in [0.3, 0.4) is 0 Å². The highest BCUT2D eigenvalue weighted by molar-refractivity contribution is 5.83. The minimum atomic E-state index is 0.00468. The van der Waals surface area contributed by atoms with Crippen LogP contribution in [0.5, 0.6) is 0 Å². The van der Waals surface area contributed by atoms with Gasteiger partial charge in [0.1, 0.15) is 0 Å². The third-order valence-corrected chi connectivity index (χ3v) is 5.22. The van der Waals surface area contributed by atoms with E-state index in [0.29, 0.717) is 18.8 Å². The molecule has 0 radical (unpaired) electrons. The SMILES string of the molecule is Cc1nn(CN2CCO[C@H]3CCCC[C@H]32)c(=O)c2ccccc12. The first-order valence-corrected chi connectivity index (χ1v) is 8.56. The van der Waals surface area contributed by atoms with Crippen LogP contribution in [0.1, 0.15) is 31.4 Å². The van der Waals surface area contributed by atoms with E-state index in [0.717, 1.165) is 42.5 Å². The Balaban J connectivity index is 1.67. The quantitative estimate of drug-likeness (QED) is 0.853. The fourth-order valence-corrected chi connectivity index (χ4v) is 4.02. The Hall–Kier alpha value is -1.72. The van der Waals surface area contributed by atoms with Crippen molar-refractivity contribution >= 4 is 10.8 Å². The first-order valence-electron chi connectivity index (χ1n) is 8.56. The van der Waals surface area contributed by atoms with Gasteiger partial charge in [-0.3, -0.25) is 9.69 Å². The highest BCUT2D eigenvalue weighted by Crippen LogP contribution is 2.28. The van der Waals surface area contributed by atoms with Crippen molar-refractivity contribution in [3.8, 4) is 0 Å². The molecular formula is C18H23N3O2. The van der Waals surface area contributed by atoms with Gasteiger partial charge in [0.05, 0.1) is 30.5 Å². The molecule has 1 saturated carbocycles. The molecule has 0 amide bonds. The predicted octanol–water partition coefficient (Wildman–Crippen LogP) is 2.31. The minimum absolute atomic E-state index is 0.00468. The second kappa shape index (κ2) is 6.06. The molecule has 5 heteroatoms. The molecule has 5 nitrogen and oxygen atoms in total. The molecule has 1 aliphatic heterocycles. The molecule has 0 unspecified atom stereocenters. The van der Waals surface area contributed by atoms with Crippen LogP contribution in [0.25, 0.3) is 10.8 Å². The molecule has 2 aromatic rings. The summed E-state index contributed by atoms with van der Waals surface area (Å²) < 4.78 is 7.56. The summed E-state index contributed by atoms with van der Waals surface area (Å²) in [7, 11) is 0. The molecule has 1 aliphatic carbocycles. The zero-order chi connectivity index (χ0) is 15.8. The van der Waals surface area contributed by atoms with Gasteiger partial charge in [0.25, 0.3) is 5.56 Å². The van der Waals surface area contributed by atoms with Crippen LogP contribution in [-0.4, -0.2) is 40.0 Å². The Morgan fingerprint density at radius 1 is 1.22 bits per heavy atom. The molecule has 0 N–H and O–H groups in total. The van der Waals surface area contributed by atoms with Gasteiger partial charge < -0.3 is 4.74 Å². The maximum absolute atomic E-state index is 12.8. The lowest BCUT2D eigenvalue weighted by atomic mass is 9.90. The van der Waals surface area contributed by atoms with E-state index < -0.39 is 0 Å². The molecule has 23 heavy (non-hydrogen) atoms. The molecule has 1 aromatic heterocycles. The molecule has 0 bridgehead atoms. The molecule has 0 spiro atoms. The maximum Gasteiger partial charge on any atom is 0.275 e. The van der Waals surface area contributed by atoms with Crippen molar-refractivity contribution in [3.63, 3.8) is 0 Å². The Bertz CT molecular complexity index is 768. The van der Waals surface area contributed by atoms with Crippen molar-refractivity contribution in [3.05, 3.63) is 40.3 Å². The summed E-state index contributed by atoms with van der Waals surface area (Å²) in [6, 6.07) is 8.16. The monoisotopic (exact) mass is 313 g/mol. The lowest BCUT2D eigenvalue weighted by Crippen LogP contribution is -2.53. The Kier molecular flexibility index (Phi) is 3.91. The second-order valence-electron chi connectivity index (χ2n) is 6.65. The number of nitrogens with zero attached hydrogens (tertiary/aromatic N) is 3. The summed E-state index contributed by atoms with van der Waals surface area (Å²) in [6.45, 7) is 4.17. The average Bonchev–Trinajstić information content (AvgIpc) is 2.60. The van der Waals surface area contributed by atoms with Gasteiger partial charge in [-0.05, 0) is 25.8 Å². The van der Waals surface area contributed by atoms with E-state index in [9.17, 15) is 4.79 Å². The van der Waals surface area contributed by atoms with Crippen LogP contribution < -0.4 is 5.56 Å². The van der Waals surface area contributed by atoms with Crippen molar-refractivity contribution in [2.45, 2.75) is 51.4 Å². The summed E-state index contributed by atoms with van der Waals surface area (Å²) in [5, 5.41) is 6.26. The lowest BCUT2D eigenvalue weighted by molar-refractivity contribution is -0.0996. The van der Waals surface area contributed by atoms with Crippen LogP contribution in [0, 0.1) is 6.92 Å². The van der Waals surface area contributed by atoms with E-state index >= 15 is 0 Å². The van der Waals surface area contributed by atoms with Gasteiger partial charge in [-0.25, -0.2) is 4.68 Å². The first-order chi connectivity index (χ1) is 11.2. The molecule has 1 saturated heterocycles. The topological polar surface area (TPSA) is 47.4 Å². The van der Waals surface area contributed by atoms with Gasteiger partial charge >= 0.3 is 0 Å². The number of aromatic nitrogens is 2. The van der Waals surface area contributed by atoms with Crippen molar-refractivity contribution < 1.29 is 4.74 Å². The fraction of sp³-hybridized carbons (Fsp3) is 0.556. The van der Waals surface area contributed by atoms with Crippen LogP contribution >= 0.6 is 0 Å². The molecular weight excluding hydrogens is 290 g/mol. The van der Waals surface area contributed by atoms with E-state index in [1.54, 1.807) is 4.68 Å². The molecule has 122 valence electrons. The molecule has 2 heterocycles. The molecule has 4 rings (SSSR count). The maximum atomic E-state index is 12.8. The second-order valence-corrected chi connectivity index (χ2v) is 6.65. The number of hydrogen-bond acceptors (Lipinski definition) is 4. The standard InChI is InChI=1S/C18H23N3O2/c1-13-14-6-2-3-7-15(14)18(22)21(19-13)12-20-10-11-23-17-9-5-4-8-16(17)20/h2-3,6-7,16-17H,4-5,8-12H2,1H3/t16-,17+/m1/s1. The average molecular weight is 313 g/mol. The zero-order valence-electron chi connectivity index (χ0n) is 13.6.